The van der Waals surface area contributed by atoms with Crippen LogP contribution in [0.3, 0.4) is 0 Å². The summed E-state index contributed by atoms with van der Waals surface area (Å²) in [7, 11) is 1.71. The van der Waals surface area contributed by atoms with Crippen molar-refractivity contribution in [3.05, 3.63) is 57.8 Å². The number of hydrogen-bond acceptors (Lipinski definition) is 4. The molecule has 2 heterocycles. The summed E-state index contributed by atoms with van der Waals surface area (Å²) in [6.45, 7) is 0. The summed E-state index contributed by atoms with van der Waals surface area (Å²) in [5.74, 6) is -1.60. The minimum absolute atomic E-state index is 0.263. The number of nitrogens with one attached hydrogen (secondary N) is 2. The van der Waals surface area contributed by atoms with E-state index in [9.17, 15) is 14.4 Å². The first-order valence-corrected chi connectivity index (χ1v) is 7.96. The van der Waals surface area contributed by atoms with Gasteiger partial charge in [0.25, 0.3) is 11.8 Å². The maximum Gasteiger partial charge on any atom is 0.339 e. The molecule has 124 valence electrons. The molecule has 2 amide bonds. The van der Waals surface area contributed by atoms with Crippen LogP contribution in [0.5, 0.6) is 0 Å². The van der Waals surface area contributed by atoms with E-state index >= 15 is 0 Å². The van der Waals surface area contributed by atoms with Crippen molar-refractivity contribution in [3.8, 4) is 0 Å². The highest BCUT2D eigenvalue weighted by molar-refractivity contribution is 9.10. The number of carbonyl (C=O) groups is 3. The van der Waals surface area contributed by atoms with Crippen LogP contribution < -0.4 is 10.9 Å². The molecule has 1 aliphatic heterocycles. The van der Waals surface area contributed by atoms with Gasteiger partial charge in [0.1, 0.15) is 5.69 Å². The first kappa shape index (κ1) is 16.3. The zero-order valence-corrected chi connectivity index (χ0v) is 14.3. The number of hydrogen-bond donors (Lipinski definition) is 2. The lowest BCUT2D eigenvalue weighted by molar-refractivity contribution is -0.131. The van der Waals surface area contributed by atoms with Crippen LogP contribution in [0.15, 0.2) is 41.0 Å². The number of fused-ring (bicyclic) bond motifs is 1. The van der Waals surface area contributed by atoms with Gasteiger partial charge < -0.3 is 9.30 Å². The van der Waals surface area contributed by atoms with Gasteiger partial charge in [-0.1, -0.05) is 18.2 Å². The van der Waals surface area contributed by atoms with E-state index in [2.05, 4.69) is 26.8 Å². The lowest BCUT2D eigenvalue weighted by Gasteiger charge is -2.23. The first-order valence-electron chi connectivity index (χ1n) is 7.16. The van der Waals surface area contributed by atoms with Gasteiger partial charge >= 0.3 is 5.97 Å². The lowest BCUT2D eigenvalue weighted by atomic mass is 9.98. The highest BCUT2D eigenvalue weighted by atomic mass is 79.9. The van der Waals surface area contributed by atoms with Gasteiger partial charge in [-0.15, -0.1) is 0 Å². The highest BCUT2D eigenvalue weighted by Gasteiger charge is 2.31. The van der Waals surface area contributed by atoms with E-state index in [1.807, 2.05) is 0 Å². The van der Waals surface area contributed by atoms with Gasteiger partial charge in [0, 0.05) is 24.1 Å². The first-order chi connectivity index (χ1) is 11.5. The quantitative estimate of drug-likeness (QED) is 0.596. The number of aromatic nitrogens is 1. The number of aryl methyl sites for hydroxylation is 1. The van der Waals surface area contributed by atoms with Crippen molar-refractivity contribution in [3.63, 3.8) is 0 Å². The van der Waals surface area contributed by atoms with Gasteiger partial charge in [-0.05, 0) is 33.6 Å². The molecule has 0 saturated carbocycles. The minimum atomic E-state index is -0.979. The number of carbonyl (C=O) groups excluding carboxylic acids is 3. The van der Waals surface area contributed by atoms with Crippen molar-refractivity contribution in [2.24, 2.45) is 7.05 Å². The van der Waals surface area contributed by atoms with Crippen molar-refractivity contribution >= 4 is 33.7 Å². The molecule has 24 heavy (non-hydrogen) atoms. The average Bonchev–Trinajstić information content (AvgIpc) is 2.90. The van der Waals surface area contributed by atoms with Crippen molar-refractivity contribution < 1.29 is 19.1 Å². The van der Waals surface area contributed by atoms with Crippen LogP contribution in [-0.2, 0) is 23.0 Å². The highest BCUT2D eigenvalue weighted by Crippen LogP contribution is 2.20. The number of rotatable bonds is 2. The van der Waals surface area contributed by atoms with Gasteiger partial charge in [0.05, 0.1) is 5.56 Å². The topological polar surface area (TPSA) is 89.4 Å². The molecule has 8 heteroatoms. The van der Waals surface area contributed by atoms with Crippen molar-refractivity contribution in [1.29, 1.82) is 0 Å². The Morgan fingerprint density at radius 1 is 1.29 bits per heavy atom. The predicted molar refractivity (Wildman–Crippen MR) is 88.1 cm³/mol. The lowest BCUT2D eigenvalue weighted by Crippen LogP contribution is -2.49. The molecule has 7 nitrogen and oxygen atoms in total. The van der Waals surface area contributed by atoms with Crippen LogP contribution in [0.2, 0.25) is 0 Å². The summed E-state index contributed by atoms with van der Waals surface area (Å²) in [6, 6.07) is 8.58. The molecule has 0 fully saturated rings. The van der Waals surface area contributed by atoms with Crippen molar-refractivity contribution in [1.82, 2.24) is 15.4 Å². The van der Waals surface area contributed by atoms with Gasteiger partial charge in [0.2, 0.25) is 0 Å². The molecule has 1 aromatic heterocycles. The van der Waals surface area contributed by atoms with Crippen LogP contribution in [-0.4, -0.2) is 28.5 Å². The third-order valence-electron chi connectivity index (χ3n) is 3.69. The number of hydrazine groups is 1. The summed E-state index contributed by atoms with van der Waals surface area (Å²) in [5.41, 5.74) is 6.18. The minimum Gasteiger partial charge on any atom is -0.448 e. The molecule has 0 radical (unpaired) electrons. The summed E-state index contributed by atoms with van der Waals surface area (Å²) in [6.07, 6.45) is 1.00. The molecule has 2 aromatic rings. The average molecular weight is 392 g/mol. The number of halogens is 1. The maximum atomic E-state index is 12.2. The molecular weight excluding hydrogens is 378 g/mol. The Kier molecular flexibility index (Phi) is 4.39. The van der Waals surface area contributed by atoms with Crippen LogP contribution >= 0.6 is 15.9 Å². The van der Waals surface area contributed by atoms with Gasteiger partial charge in [-0.2, -0.15) is 0 Å². The molecule has 0 saturated heterocycles. The molecule has 2 N–H and O–H groups in total. The number of benzene rings is 1. The Hall–Kier alpha value is -2.61. The zero-order valence-electron chi connectivity index (χ0n) is 12.7. The second-order valence-corrected chi connectivity index (χ2v) is 6.27. The summed E-state index contributed by atoms with van der Waals surface area (Å²) >= 11 is 3.27. The van der Waals surface area contributed by atoms with E-state index in [1.165, 1.54) is 0 Å². The molecule has 1 unspecified atom stereocenters. The fourth-order valence-electron chi connectivity index (χ4n) is 2.49. The predicted octanol–water partition coefficient (Wildman–Crippen LogP) is 1.33. The standard InChI is InChI=1S/C16H14BrN3O4/c1-20-8-10(17)7-12(20)14(21)18-19-15(22)13-6-9-4-2-3-5-11(9)16(23)24-13/h2-5,7-8,13H,6H2,1H3,(H,18,21)(H,19,22). The smallest absolute Gasteiger partial charge is 0.339 e. The summed E-state index contributed by atoms with van der Waals surface area (Å²) < 4.78 is 7.49. The molecule has 0 bridgehead atoms. The number of nitrogens with zero attached hydrogens (tertiary/aromatic N) is 1. The molecule has 1 aromatic carbocycles. The van der Waals surface area contributed by atoms with Crippen LogP contribution in [0.1, 0.15) is 26.4 Å². The monoisotopic (exact) mass is 391 g/mol. The normalized spacial score (nSPS) is 16.1. The molecule has 3 rings (SSSR count). The fraction of sp³-hybridized carbons (Fsp3) is 0.188. The zero-order chi connectivity index (χ0) is 17.3. The Bertz CT molecular complexity index is 830. The van der Waals surface area contributed by atoms with E-state index in [-0.39, 0.29) is 6.42 Å². The SMILES string of the molecule is Cn1cc(Br)cc1C(=O)NNC(=O)C1Cc2ccccc2C(=O)O1. The number of cyclic esters (lactones) is 1. The van der Waals surface area contributed by atoms with E-state index in [1.54, 1.807) is 48.1 Å². The van der Waals surface area contributed by atoms with Crippen LogP contribution in [0.25, 0.3) is 0 Å². The Balaban J connectivity index is 1.63. The van der Waals surface area contributed by atoms with Gasteiger partial charge in [-0.3, -0.25) is 20.4 Å². The molecule has 0 spiro atoms. The molecular formula is C16H14BrN3O4. The molecule has 0 aliphatic carbocycles. The van der Waals surface area contributed by atoms with Gasteiger partial charge in [0.15, 0.2) is 6.10 Å². The third kappa shape index (κ3) is 3.18. The second kappa shape index (κ2) is 6.48. The van der Waals surface area contributed by atoms with Gasteiger partial charge in [-0.25, -0.2) is 4.79 Å². The largest absolute Gasteiger partial charge is 0.448 e. The summed E-state index contributed by atoms with van der Waals surface area (Å²) in [5, 5.41) is 0. The Morgan fingerprint density at radius 3 is 2.75 bits per heavy atom. The summed E-state index contributed by atoms with van der Waals surface area (Å²) in [4.78, 5) is 36.1. The Labute approximate surface area is 146 Å². The van der Waals surface area contributed by atoms with E-state index in [4.69, 9.17) is 4.74 Å². The van der Waals surface area contributed by atoms with E-state index in [0.29, 0.717) is 11.3 Å². The number of esters is 1. The Morgan fingerprint density at radius 2 is 2.04 bits per heavy atom. The third-order valence-corrected chi connectivity index (χ3v) is 4.12. The number of ether oxygens (including phenoxy) is 1. The molecule has 1 aliphatic rings. The van der Waals surface area contributed by atoms with Crippen molar-refractivity contribution in [2.75, 3.05) is 0 Å². The van der Waals surface area contributed by atoms with E-state index < -0.39 is 23.9 Å². The maximum absolute atomic E-state index is 12.2. The second-order valence-electron chi connectivity index (χ2n) is 5.35. The van der Waals surface area contributed by atoms with Crippen LogP contribution in [0.4, 0.5) is 0 Å². The molecule has 1 atom stereocenters. The van der Waals surface area contributed by atoms with Crippen LogP contribution in [0, 0.1) is 0 Å². The van der Waals surface area contributed by atoms with Crippen molar-refractivity contribution in [2.45, 2.75) is 12.5 Å². The number of amides is 2. The fourth-order valence-corrected chi connectivity index (χ4v) is 3.01. The van der Waals surface area contributed by atoms with E-state index in [0.717, 1.165) is 10.0 Å².